The summed E-state index contributed by atoms with van der Waals surface area (Å²) >= 11 is 1.79. The predicted octanol–water partition coefficient (Wildman–Crippen LogP) is 3.69. The van der Waals surface area contributed by atoms with E-state index in [-0.39, 0.29) is 0 Å². The number of aromatic nitrogens is 1. The molecule has 0 spiro atoms. The molecule has 0 radical (unpaired) electrons. The maximum absolute atomic E-state index is 5.96. The molecule has 0 unspecified atom stereocenters. The van der Waals surface area contributed by atoms with Crippen LogP contribution in [0.3, 0.4) is 0 Å². The summed E-state index contributed by atoms with van der Waals surface area (Å²) < 4.78 is 11.6. The molecule has 1 aromatic heterocycles. The molecule has 0 amide bonds. The van der Waals surface area contributed by atoms with Crippen LogP contribution in [0.2, 0.25) is 0 Å². The quantitative estimate of drug-likeness (QED) is 0.368. The highest BCUT2D eigenvalue weighted by molar-refractivity contribution is 7.98. The molecule has 0 fully saturated rings. The summed E-state index contributed by atoms with van der Waals surface area (Å²) in [5.41, 5.74) is 0.955. The molecule has 2 rings (SSSR count). The first-order valence-corrected chi connectivity index (χ1v) is 10.4. The van der Waals surface area contributed by atoms with E-state index in [0.717, 1.165) is 41.7 Å². The van der Waals surface area contributed by atoms with Gasteiger partial charge < -0.3 is 20.1 Å². The van der Waals surface area contributed by atoms with Gasteiger partial charge in [-0.05, 0) is 43.0 Å². The molecule has 1 heterocycles. The van der Waals surface area contributed by atoms with Crippen molar-refractivity contribution in [3.8, 4) is 17.4 Å². The molecule has 6 nitrogen and oxygen atoms in total. The van der Waals surface area contributed by atoms with Crippen LogP contribution in [-0.4, -0.2) is 43.2 Å². The molecule has 2 aromatic rings. The molecule has 0 aliphatic heterocycles. The number of ether oxygens (including phenoxy) is 2. The number of hydrogen-bond donors (Lipinski definition) is 2. The van der Waals surface area contributed by atoms with Gasteiger partial charge in [0.1, 0.15) is 11.5 Å². The fraction of sp³-hybridized carbons (Fsp3) is 0.400. The lowest BCUT2D eigenvalue weighted by Gasteiger charge is -2.14. The number of benzene rings is 1. The van der Waals surface area contributed by atoms with Gasteiger partial charge in [-0.2, -0.15) is 11.8 Å². The molecule has 146 valence electrons. The van der Waals surface area contributed by atoms with Crippen molar-refractivity contribution in [1.82, 2.24) is 15.6 Å². The Morgan fingerprint density at radius 1 is 1.15 bits per heavy atom. The van der Waals surface area contributed by atoms with E-state index in [4.69, 9.17) is 9.47 Å². The lowest BCUT2D eigenvalue weighted by molar-refractivity contribution is 0.317. The normalized spacial score (nSPS) is 11.1. The van der Waals surface area contributed by atoms with Crippen molar-refractivity contribution >= 4 is 17.7 Å². The van der Waals surface area contributed by atoms with Crippen molar-refractivity contribution in [3.63, 3.8) is 0 Å². The van der Waals surface area contributed by atoms with Crippen LogP contribution < -0.4 is 20.1 Å². The maximum atomic E-state index is 5.96. The molecule has 2 N–H and O–H groups in total. The zero-order valence-corrected chi connectivity index (χ0v) is 17.0. The van der Waals surface area contributed by atoms with Gasteiger partial charge in [-0.25, -0.2) is 4.98 Å². The number of aliphatic imine (C=N–C) groups is 1. The van der Waals surface area contributed by atoms with Crippen LogP contribution in [0.4, 0.5) is 0 Å². The molecule has 7 heteroatoms. The van der Waals surface area contributed by atoms with Crippen molar-refractivity contribution in [2.75, 3.05) is 32.2 Å². The zero-order chi connectivity index (χ0) is 19.3. The molecular formula is C20H28N4O2S. The second-order valence-corrected chi connectivity index (χ2v) is 6.72. The largest absolute Gasteiger partial charge is 0.494 e. The Morgan fingerprint density at radius 2 is 1.93 bits per heavy atom. The summed E-state index contributed by atoms with van der Waals surface area (Å²) in [6.07, 6.45) is 4.79. The van der Waals surface area contributed by atoms with E-state index in [0.29, 0.717) is 19.0 Å². The highest BCUT2D eigenvalue weighted by Crippen LogP contribution is 2.25. The SMILES string of the molecule is CCCOc1ccc(Oc2ncccc2CNC(=NC)NCCSC)cc1. The van der Waals surface area contributed by atoms with E-state index in [1.54, 1.807) is 25.0 Å². The number of rotatable bonds is 10. The van der Waals surface area contributed by atoms with E-state index in [2.05, 4.69) is 33.8 Å². The molecule has 0 saturated carbocycles. The van der Waals surface area contributed by atoms with Gasteiger partial charge in [0.2, 0.25) is 5.88 Å². The summed E-state index contributed by atoms with van der Waals surface area (Å²) in [4.78, 5) is 8.60. The Hall–Kier alpha value is -2.41. The number of thioether (sulfide) groups is 1. The Bertz CT molecular complexity index is 707. The third-order valence-electron chi connectivity index (χ3n) is 3.63. The molecule has 0 bridgehead atoms. The van der Waals surface area contributed by atoms with Gasteiger partial charge in [0.25, 0.3) is 0 Å². The average molecular weight is 389 g/mol. The summed E-state index contributed by atoms with van der Waals surface area (Å²) in [6, 6.07) is 11.5. The van der Waals surface area contributed by atoms with Gasteiger partial charge in [0, 0.05) is 37.7 Å². The van der Waals surface area contributed by atoms with E-state index in [9.17, 15) is 0 Å². The third kappa shape index (κ3) is 7.38. The second-order valence-electron chi connectivity index (χ2n) is 5.73. The first kappa shape index (κ1) is 20.9. The van der Waals surface area contributed by atoms with Crippen LogP contribution in [0.5, 0.6) is 17.4 Å². The second kappa shape index (κ2) is 12.1. The summed E-state index contributed by atoms with van der Waals surface area (Å²) in [5, 5.41) is 6.57. The topological polar surface area (TPSA) is 67.8 Å². The van der Waals surface area contributed by atoms with Crippen molar-refractivity contribution in [2.45, 2.75) is 19.9 Å². The average Bonchev–Trinajstić information content (AvgIpc) is 2.71. The molecular weight excluding hydrogens is 360 g/mol. The van der Waals surface area contributed by atoms with E-state index in [1.165, 1.54) is 0 Å². The zero-order valence-electron chi connectivity index (χ0n) is 16.2. The van der Waals surface area contributed by atoms with Crippen molar-refractivity contribution in [3.05, 3.63) is 48.2 Å². The number of guanidine groups is 1. The predicted molar refractivity (Wildman–Crippen MR) is 113 cm³/mol. The Labute approximate surface area is 165 Å². The van der Waals surface area contributed by atoms with Crippen molar-refractivity contribution in [1.29, 1.82) is 0 Å². The van der Waals surface area contributed by atoms with Gasteiger partial charge in [-0.15, -0.1) is 0 Å². The van der Waals surface area contributed by atoms with E-state index < -0.39 is 0 Å². The summed E-state index contributed by atoms with van der Waals surface area (Å²) in [7, 11) is 1.76. The van der Waals surface area contributed by atoms with Crippen LogP contribution in [-0.2, 0) is 6.54 Å². The van der Waals surface area contributed by atoms with Gasteiger partial charge in [0.05, 0.1) is 6.61 Å². The third-order valence-corrected chi connectivity index (χ3v) is 4.24. The monoisotopic (exact) mass is 388 g/mol. The minimum absolute atomic E-state index is 0.569. The molecule has 0 aliphatic carbocycles. The van der Waals surface area contributed by atoms with E-state index in [1.807, 2.05) is 36.4 Å². The Balaban J connectivity index is 1.96. The molecule has 0 aliphatic rings. The van der Waals surface area contributed by atoms with Gasteiger partial charge in [0.15, 0.2) is 5.96 Å². The van der Waals surface area contributed by atoms with Crippen LogP contribution >= 0.6 is 11.8 Å². The van der Waals surface area contributed by atoms with Crippen molar-refractivity contribution < 1.29 is 9.47 Å². The minimum atomic E-state index is 0.569. The maximum Gasteiger partial charge on any atom is 0.224 e. The number of hydrogen-bond acceptors (Lipinski definition) is 5. The molecule has 0 saturated heterocycles. The fourth-order valence-corrected chi connectivity index (χ4v) is 2.56. The van der Waals surface area contributed by atoms with Crippen molar-refractivity contribution in [2.24, 2.45) is 4.99 Å². The number of nitrogens with one attached hydrogen (secondary N) is 2. The van der Waals surface area contributed by atoms with Crippen LogP contribution in [0, 0.1) is 0 Å². The van der Waals surface area contributed by atoms with Gasteiger partial charge >= 0.3 is 0 Å². The summed E-state index contributed by atoms with van der Waals surface area (Å²) in [5.74, 6) is 3.93. The highest BCUT2D eigenvalue weighted by Gasteiger charge is 2.07. The first-order chi connectivity index (χ1) is 13.3. The summed E-state index contributed by atoms with van der Waals surface area (Å²) in [6.45, 7) is 4.23. The lowest BCUT2D eigenvalue weighted by Crippen LogP contribution is -2.38. The van der Waals surface area contributed by atoms with Crippen LogP contribution in [0.25, 0.3) is 0 Å². The van der Waals surface area contributed by atoms with Gasteiger partial charge in [-0.1, -0.05) is 13.0 Å². The van der Waals surface area contributed by atoms with Crippen LogP contribution in [0.1, 0.15) is 18.9 Å². The first-order valence-electron chi connectivity index (χ1n) is 9.05. The molecule has 0 atom stereocenters. The minimum Gasteiger partial charge on any atom is -0.494 e. The standard InChI is InChI=1S/C20H28N4O2S/c1-4-13-25-17-7-9-18(10-8-17)26-19-16(6-5-11-22-19)15-24-20(21-2)23-12-14-27-3/h5-11H,4,12-15H2,1-3H3,(H2,21,23,24). The fourth-order valence-electron chi connectivity index (χ4n) is 2.26. The Kier molecular flexibility index (Phi) is 9.34. The van der Waals surface area contributed by atoms with E-state index >= 15 is 0 Å². The lowest BCUT2D eigenvalue weighted by atomic mass is 10.2. The highest BCUT2D eigenvalue weighted by atomic mass is 32.2. The Morgan fingerprint density at radius 3 is 2.63 bits per heavy atom. The molecule has 27 heavy (non-hydrogen) atoms. The number of nitrogens with zero attached hydrogens (tertiary/aromatic N) is 2. The molecule has 1 aromatic carbocycles. The number of pyridine rings is 1. The smallest absolute Gasteiger partial charge is 0.224 e. The van der Waals surface area contributed by atoms with Gasteiger partial charge in [-0.3, -0.25) is 4.99 Å². The van der Waals surface area contributed by atoms with Crippen LogP contribution in [0.15, 0.2) is 47.6 Å².